The maximum Gasteiger partial charge on any atom is 1.00 e. The van der Waals surface area contributed by atoms with Gasteiger partial charge < -0.3 is 56.4 Å². The number of rotatable bonds is 16. The van der Waals surface area contributed by atoms with Crippen LogP contribution in [-0.2, 0) is 45.8 Å². The van der Waals surface area contributed by atoms with Gasteiger partial charge in [-0.2, -0.15) is 46.8 Å². The van der Waals surface area contributed by atoms with Gasteiger partial charge in [-0.05, 0) is 79.4 Å². The summed E-state index contributed by atoms with van der Waals surface area (Å²) in [6.45, 7) is 0. The zero-order valence-corrected chi connectivity index (χ0v) is 51.3. The fraction of sp³-hybridized carbons (Fsp3) is 0.300. The fourth-order valence-electron chi connectivity index (χ4n) is 5.81. The normalized spacial score (nSPS) is 8.64. The molecular weight excluding hydrogens is 1090 g/mol. The Morgan fingerprint density at radius 1 is 0.507 bits per heavy atom. The van der Waals surface area contributed by atoms with E-state index in [1.54, 1.807) is 136 Å². The van der Waals surface area contributed by atoms with Gasteiger partial charge in [-0.25, -0.2) is 19.2 Å². The van der Waals surface area contributed by atoms with Crippen LogP contribution in [0.4, 0.5) is 22.7 Å². The number of hydrogen-bond donors (Lipinski definition) is 1. The summed E-state index contributed by atoms with van der Waals surface area (Å²) in [7, 11) is 9.43. The number of carboxylic acid groups (broad SMARTS) is 1. The SMILES string of the molecule is CF.COC(=O)c1cccc(OC)c1CC#N.COC(=O)c1cccc(OC)c1CSC.COc1cccc(C(=O)O)c1CSC.COc1cccc(C(=O)Oc2ccccc2)c1CSC.C[S-].FF.FF.[Na+].[Na+].[OH-]. The third kappa shape index (κ3) is 29.7. The number of para-hydroxylation sites is 1. The Bertz CT molecular complexity index is 2360. The first-order valence-electron chi connectivity index (χ1n) is 20.2. The molecule has 0 heterocycles. The first kappa shape index (κ1) is 82.0. The van der Waals surface area contributed by atoms with Gasteiger partial charge >= 0.3 is 83.0 Å². The molecule has 0 saturated heterocycles. The van der Waals surface area contributed by atoms with Crippen LogP contribution in [-0.4, -0.2) is 109 Å². The number of hydrogen-bond acceptors (Lipinski definition) is 17. The summed E-state index contributed by atoms with van der Waals surface area (Å²) in [4.78, 5) is 46.1. The number of aromatic carboxylic acids is 1. The van der Waals surface area contributed by atoms with Crippen LogP contribution in [0.1, 0.15) is 63.7 Å². The van der Waals surface area contributed by atoms with E-state index in [1.807, 2.05) is 55.2 Å². The predicted molar refractivity (Wildman–Crippen MR) is 281 cm³/mol. The molecule has 5 rings (SSSR count). The zero-order chi connectivity index (χ0) is 55.4. The molecule has 75 heavy (non-hydrogen) atoms. The van der Waals surface area contributed by atoms with E-state index < -0.39 is 11.9 Å². The van der Waals surface area contributed by atoms with Gasteiger partial charge in [0.05, 0.1) is 84.6 Å². The van der Waals surface area contributed by atoms with E-state index in [0.717, 1.165) is 28.2 Å². The van der Waals surface area contributed by atoms with Crippen LogP contribution < -0.4 is 82.8 Å². The van der Waals surface area contributed by atoms with Crippen molar-refractivity contribution in [3.05, 3.63) is 148 Å². The Kier molecular flexibility index (Phi) is 58.1. The van der Waals surface area contributed by atoms with E-state index in [1.165, 1.54) is 21.3 Å². The minimum atomic E-state index is -0.909. The standard InChI is InChI=1S/C16H16O3S.C11H11NO3.C11H14O3S.C10H12O3S.CH3F.CH4S.2F2.2Na.H2O/c1-18-15-10-6-9-13(14(15)11-20-2)16(17)19-12-7-4-3-5-8-12;1-14-10-5-3-4-9(11(13)15-2)8(10)6-7-12;1-13-10-6-4-5-8(11(12)14-2)9(10)7-15-3;1-13-9-5-3-4-7(10(11)12)8(9)6-14-2;4*1-2;;;/h3-10H,11H2,1-2H3;3-5H,6H2,1-2H3;4-6H,7H2,1-3H3;3-5H,6H2,1-2H3,(H,11,12);1H3;2H,1H3;;;;;1H2/q;;;;;;;;2*+1;/p-2. The van der Waals surface area contributed by atoms with E-state index >= 15 is 0 Å². The zero-order valence-electron chi connectivity index (χ0n) is 44.0. The largest absolute Gasteiger partial charge is 1.00 e. The van der Waals surface area contributed by atoms with Gasteiger partial charge in [-0.1, -0.05) is 42.5 Å². The van der Waals surface area contributed by atoms with Gasteiger partial charge in [0.2, 0.25) is 0 Å². The number of alkyl halides is 1. The molecule has 5 aromatic rings. The monoisotopic (exact) mass is 1150 g/mol. The molecule has 404 valence electrons. The van der Waals surface area contributed by atoms with Crippen molar-refractivity contribution in [3.63, 3.8) is 0 Å². The van der Waals surface area contributed by atoms with Crippen molar-refractivity contribution < 1.29 is 145 Å². The second-order valence-electron chi connectivity index (χ2n) is 12.6. The number of esters is 3. The molecule has 2 N–H and O–H groups in total. The smallest absolute Gasteiger partial charge is 0.870 e. The van der Waals surface area contributed by atoms with E-state index in [-0.39, 0.29) is 83.0 Å². The number of halogens is 5. The number of benzene rings is 5. The van der Waals surface area contributed by atoms with E-state index in [2.05, 4.69) is 17.4 Å². The van der Waals surface area contributed by atoms with Gasteiger partial charge in [0, 0.05) is 57.8 Å². The molecule has 0 aromatic heterocycles. The number of methoxy groups -OCH3 is 6. The summed E-state index contributed by atoms with van der Waals surface area (Å²) in [5.41, 5.74) is 4.87. The summed E-state index contributed by atoms with van der Waals surface area (Å²) >= 11 is 8.93. The van der Waals surface area contributed by atoms with Crippen LogP contribution in [0.5, 0.6) is 28.7 Å². The average molecular weight is 1150 g/mol. The molecule has 0 spiro atoms. The molecule has 0 bridgehead atoms. The molecular formula is C50H60F5NNa2O13S4. The average Bonchev–Trinajstić information content (AvgIpc) is 3.43. The summed E-state index contributed by atoms with van der Waals surface area (Å²) in [5, 5.41) is 17.6. The van der Waals surface area contributed by atoms with Gasteiger partial charge in [-0.3, -0.25) is 4.39 Å². The maximum absolute atomic E-state index is 12.3. The number of carbonyl (C=O) groups excluding carboxylic acids is 3. The summed E-state index contributed by atoms with van der Waals surface area (Å²) < 4.78 is 76.9. The second kappa shape index (κ2) is 53.1. The molecule has 0 aliphatic carbocycles. The minimum Gasteiger partial charge on any atom is -0.870 e. The van der Waals surface area contributed by atoms with Crippen LogP contribution in [0.25, 0.3) is 0 Å². The Balaban J connectivity index is -0.000000201. The van der Waals surface area contributed by atoms with Crippen molar-refractivity contribution in [2.45, 2.75) is 23.7 Å². The molecule has 0 unspecified atom stereocenters. The van der Waals surface area contributed by atoms with Crippen LogP contribution >= 0.6 is 35.3 Å². The molecule has 0 saturated carbocycles. The first-order valence-corrected chi connectivity index (χ1v) is 25.2. The molecule has 25 heteroatoms. The Morgan fingerprint density at radius 2 is 0.800 bits per heavy atom. The molecule has 5 aromatic carbocycles. The Labute approximate surface area is 498 Å². The summed E-state index contributed by atoms with van der Waals surface area (Å²) in [6.07, 6.45) is 7.60. The van der Waals surface area contributed by atoms with Crippen molar-refractivity contribution in [2.24, 2.45) is 0 Å². The Morgan fingerprint density at radius 3 is 1.09 bits per heavy atom. The molecule has 0 fully saturated rings. The first-order chi connectivity index (χ1) is 34.9. The number of thioether (sulfide) groups is 3. The second-order valence-corrected chi connectivity index (χ2v) is 15.2. The van der Waals surface area contributed by atoms with Crippen LogP contribution in [0, 0.1) is 11.3 Å². The van der Waals surface area contributed by atoms with Crippen LogP contribution in [0.2, 0.25) is 0 Å². The number of nitriles is 1. The fourth-order valence-corrected chi connectivity index (χ4v) is 7.57. The third-order valence-corrected chi connectivity index (χ3v) is 10.5. The minimum absolute atomic E-state index is 0. The van der Waals surface area contributed by atoms with Gasteiger partial charge in [0.1, 0.15) is 28.7 Å². The topological polar surface area (TPSA) is 207 Å². The predicted octanol–water partition coefficient (Wildman–Crippen LogP) is 6.19. The van der Waals surface area contributed by atoms with E-state index in [0.29, 0.717) is 69.5 Å². The maximum atomic E-state index is 12.3. The number of carbonyl (C=O) groups is 4. The van der Waals surface area contributed by atoms with E-state index in [9.17, 15) is 23.6 Å². The van der Waals surface area contributed by atoms with Crippen molar-refractivity contribution in [3.8, 4) is 34.8 Å². The number of nitrogens with zero attached hydrogens (tertiary/aromatic N) is 1. The van der Waals surface area contributed by atoms with Crippen molar-refractivity contribution in [2.75, 3.05) is 74.9 Å². The third-order valence-electron chi connectivity index (χ3n) is 8.75. The molecule has 0 aliphatic rings. The molecule has 0 amide bonds. The van der Waals surface area contributed by atoms with Crippen LogP contribution in [0.3, 0.4) is 0 Å². The number of carboxylic acids is 1. The van der Waals surface area contributed by atoms with Gasteiger partial charge in [0.15, 0.2) is 0 Å². The molecule has 0 atom stereocenters. The van der Waals surface area contributed by atoms with Crippen molar-refractivity contribution >= 4 is 71.8 Å². The summed E-state index contributed by atoms with van der Waals surface area (Å²) in [6, 6.07) is 31.9. The van der Waals surface area contributed by atoms with Gasteiger partial charge in [0.25, 0.3) is 0 Å². The molecule has 0 radical (unpaired) electrons. The van der Waals surface area contributed by atoms with Crippen molar-refractivity contribution in [1.29, 1.82) is 5.26 Å². The molecule has 0 aliphatic heterocycles. The summed E-state index contributed by atoms with van der Waals surface area (Å²) in [5.74, 6) is 3.16. The quantitative estimate of drug-likeness (QED) is 0.0384. The Hall–Kier alpha value is -4.32. The van der Waals surface area contributed by atoms with E-state index in [4.69, 9.17) is 57.1 Å². The van der Waals surface area contributed by atoms with Crippen molar-refractivity contribution in [1.82, 2.24) is 0 Å². The number of ether oxygens (including phenoxy) is 7. The molecule has 14 nitrogen and oxygen atoms in total. The van der Waals surface area contributed by atoms with Crippen LogP contribution in [0.15, 0.2) is 103 Å². The van der Waals surface area contributed by atoms with Gasteiger partial charge in [-0.15, -0.1) is 0 Å².